The third-order valence-corrected chi connectivity index (χ3v) is 3.59. The van der Waals surface area contributed by atoms with E-state index in [2.05, 4.69) is 0 Å². The Kier molecular flexibility index (Phi) is 5.94. The molecule has 4 heteroatoms. The van der Waals surface area contributed by atoms with Crippen molar-refractivity contribution in [2.24, 2.45) is 11.3 Å². The van der Waals surface area contributed by atoms with Crippen LogP contribution in [-0.2, 0) is 20.7 Å². The molecular weight excluding hydrogens is 268 g/mol. The van der Waals surface area contributed by atoms with E-state index in [0.29, 0.717) is 0 Å². The van der Waals surface area contributed by atoms with Crippen LogP contribution >= 0.6 is 0 Å². The molecule has 0 amide bonds. The third kappa shape index (κ3) is 4.06. The minimum Gasteiger partial charge on any atom is -0.480 e. The van der Waals surface area contributed by atoms with Crippen LogP contribution in [0.3, 0.4) is 0 Å². The van der Waals surface area contributed by atoms with Crippen LogP contribution in [0.25, 0.3) is 0 Å². The molecule has 4 nitrogen and oxygen atoms in total. The highest BCUT2D eigenvalue weighted by Crippen LogP contribution is 2.34. The molecule has 116 valence electrons. The lowest BCUT2D eigenvalue weighted by Crippen LogP contribution is -2.44. The van der Waals surface area contributed by atoms with Crippen LogP contribution in [0.2, 0.25) is 0 Å². The zero-order valence-corrected chi connectivity index (χ0v) is 13.2. The first-order chi connectivity index (χ1) is 9.83. The molecular formula is C17H24O4. The molecule has 0 aromatic heterocycles. The molecule has 0 saturated heterocycles. The van der Waals surface area contributed by atoms with Gasteiger partial charge in [0.15, 0.2) is 5.41 Å². The molecule has 0 saturated carbocycles. The van der Waals surface area contributed by atoms with Crippen molar-refractivity contribution in [3.05, 3.63) is 35.4 Å². The smallest absolute Gasteiger partial charge is 0.323 e. The Labute approximate surface area is 126 Å². The average molecular weight is 292 g/mol. The van der Waals surface area contributed by atoms with Gasteiger partial charge in [-0.2, -0.15) is 0 Å². The van der Waals surface area contributed by atoms with Crippen LogP contribution in [0.5, 0.6) is 0 Å². The number of rotatable bonds is 7. The van der Waals surface area contributed by atoms with E-state index in [-0.39, 0.29) is 25.4 Å². The molecule has 0 spiro atoms. The number of carboxylic acids is 1. The minimum atomic E-state index is -1.52. The number of aliphatic carboxylic acids is 1. The Morgan fingerprint density at radius 3 is 2.38 bits per heavy atom. The van der Waals surface area contributed by atoms with Crippen molar-refractivity contribution in [1.29, 1.82) is 0 Å². The van der Waals surface area contributed by atoms with Gasteiger partial charge in [-0.1, -0.05) is 38.1 Å². The van der Waals surface area contributed by atoms with Gasteiger partial charge in [0.1, 0.15) is 0 Å². The number of ether oxygens (including phenoxy) is 1. The highest BCUT2D eigenvalue weighted by atomic mass is 16.5. The largest absolute Gasteiger partial charge is 0.480 e. The van der Waals surface area contributed by atoms with Gasteiger partial charge in [-0.05, 0) is 43.7 Å². The predicted octanol–water partition coefficient (Wildman–Crippen LogP) is 3.22. The van der Waals surface area contributed by atoms with Gasteiger partial charge in [0, 0.05) is 0 Å². The molecule has 0 bridgehead atoms. The summed E-state index contributed by atoms with van der Waals surface area (Å²) in [6, 6.07) is 7.54. The molecule has 0 aliphatic heterocycles. The molecule has 0 aliphatic carbocycles. The van der Waals surface area contributed by atoms with Gasteiger partial charge in [-0.15, -0.1) is 0 Å². The van der Waals surface area contributed by atoms with Crippen molar-refractivity contribution in [3.63, 3.8) is 0 Å². The Bertz CT molecular complexity index is 507. The van der Waals surface area contributed by atoms with E-state index in [4.69, 9.17) is 4.74 Å². The summed E-state index contributed by atoms with van der Waals surface area (Å²) in [5, 5.41) is 9.72. The maximum atomic E-state index is 12.4. The maximum Gasteiger partial charge on any atom is 0.323 e. The zero-order valence-electron chi connectivity index (χ0n) is 13.2. The highest BCUT2D eigenvalue weighted by molar-refractivity contribution is 5.99. The Balaban J connectivity index is 3.25. The Morgan fingerprint density at radius 1 is 1.29 bits per heavy atom. The van der Waals surface area contributed by atoms with Gasteiger partial charge < -0.3 is 9.84 Å². The second-order valence-corrected chi connectivity index (χ2v) is 5.81. The number of aryl methyl sites for hydroxylation is 1. The molecule has 0 radical (unpaired) electrons. The van der Waals surface area contributed by atoms with Crippen molar-refractivity contribution < 1.29 is 19.4 Å². The van der Waals surface area contributed by atoms with E-state index in [1.165, 1.54) is 0 Å². The molecule has 0 aliphatic rings. The predicted molar refractivity (Wildman–Crippen MR) is 81.0 cm³/mol. The van der Waals surface area contributed by atoms with Crippen LogP contribution in [0.1, 0.15) is 38.3 Å². The van der Waals surface area contributed by atoms with E-state index in [1.54, 1.807) is 6.92 Å². The number of carbonyl (C=O) groups is 2. The van der Waals surface area contributed by atoms with Gasteiger partial charge >= 0.3 is 11.9 Å². The third-order valence-electron chi connectivity index (χ3n) is 3.59. The van der Waals surface area contributed by atoms with Crippen molar-refractivity contribution in [2.45, 2.75) is 40.5 Å². The number of carbonyl (C=O) groups excluding carboxylic acids is 1. The molecule has 21 heavy (non-hydrogen) atoms. The lowest BCUT2D eigenvalue weighted by molar-refractivity contribution is -0.170. The second-order valence-electron chi connectivity index (χ2n) is 5.81. The lowest BCUT2D eigenvalue weighted by Gasteiger charge is -2.29. The monoisotopic (exact) mass is 292 g/mol. The van der Waals surface area contributed by atoms with Crippen molar-refractivity contribution >= 4 is 11.9 Å². The molecule has 0 fully saturated rings. The lowest BCUT2D eigenvalue weighted by atomic mass is 9.74. The van der Waals surface area contributed by atoms with Crippen molar-refractivity contribution in [1.82, 2.24) is 0 Å². The molecule has 1 aromatic rings. The second kappa shape index (κ2) is 7.25. The average Bonchev–Trinajstić information content (AvgIpc) is 2.39. The fourth-order valence-electron chi connectivity index (χ4n) is 2.58. The van der Waals surface area contributed by atoms with Crippen LogP contribution in [-0.4, -0.2) is 23.7 Å². The molecule has 1 aromatic carbocycles. The topological polar surface area (TPSA) is 63.6 Å². The highest BCUT2D eigenvalue weighted by Gasteiger charge is 2.48. The minimum absolute atomic E-state index is 0.0783. The standard InChI is InChI=1S/C17H24O4/c1-5-21-16(20)17(15(18)19,10-12(2)3)11-14-9-7-6-8-13(14)4/h6-9,12H,5,10-11H2,1-4H3,(H,18,19). The number of hydrogen-bond acceptors (Lipinski definition) is 3. The summed E-state index contributed by atoms with van der Waals surface area (Å²) in [5.74, 6) is -1.68. The van der Waals surface area contributed by atoms with E-state index < -0.39 is 17.4 Å². The van der Waals surface area contributed by atoms with Crippen molar-refractivity contribution in [3.8, 4) is 0 Å². The van der Waals surface area contributed by atoms with Gasteiger partial charge in [0.05, 0.1) is 6.61 Å². The number of esters is 1. The molecule has 1 N–H and O–H groups in total. The van der Waals surface area contributed by atoms with E-state index in [1.807, 2.05) is 45.0 Å². The molecule has 1 unspecified atom stereocenters. The Hall–Kier alpha value is -1.84. The number of benzene rings is 1. The summed E-state index contributed by atoms with van der Waals surface area (Å²) in [6.07, 6.45) is 0.418. The van der Waals surface area contributed by atoms with E-state index >= 15 is 0 Å². The summed E-state index contributed by atoms with van der Waals surface area (Å²) in [7, 11) is 0. The van der Waals surface area contributed by atoms with Gasteiger partial charge in [0.25, 0.3) is 0 Å². The fourth-order valence-corrected chi connectivity index (χ4v) is 2.58. The molecule has 1 atom stereocenters. The van der Waals surface area contributed by atoms with E-state index in [9.17, 15) is 14.7 Å². The first-order valence-electron chi connectivity index (χ1n) is 7.28. The zero-order chi connectivity index (χ0) is 16.0. The molecule has 1 rings (SSSR count). The summed E-state index contributed by atoms with van der Waals surface area (Å²) < 4.78 is 5.06. The molecule has 0 heterocycles. The van der Waals surface area contributed by atoms with Crippen molar-refractivity contribution in [2.75, 3.05) is 6.61 Å². The SMILES string of the molecule is CCOC(=O)C(Cc1ccccc1C)(CC(C)C)C(=O)O. The van der Waals surface area contributed by atoms with Crippen LogP contribution in [0.15, 0.2) is 24.3 Å². The van der Waals surface area contributed by atoms with Gasteiger partial charge in [-0.3, -0.25) is 9.59 Å². The number of hydrogen-bond donors (Lipinski definition) is 1. The Morgan fingerprint density at radius 2 is 1.90 bits per heavy atom. The summed E-state index contributed by atoms with van der Waals surface area (Å²) in [6.45, 7) is 7.61. The first kappa shape index (κ1) is 17.2. The van der Waals surface area contributed by atoms with Crippen LogP contribution in [0, 0.1) is 18.3 Å². The van der Waals surface area contributed by atoms with Gasteiger partial charge in [-0.25, -0.2) is 0 Å². The summed E-state index contributed by atoms with van der Waals surface area (Å²) in [5.41, 5.74) is 0.334. The van der Waals surface area contributed by atoms with Gasteiger partial charge in [0.2, 0.25) is 0 Å². The number of carboxylic acid groups (broad SMARTS) is 1. The maximum absolute atomic E-state index is 12.4. The van der Waals surface area contributed by atoms with Crippen LogP contribution < -0.4 is 0 Å². The first-order valence-corrected chi connectivity index (χ1v) is 7.28. The van der Waals surface area contributed by atoms with E-state index in [0.717, 1.165) is 11.1 Å². The summed E-state index contributed by atoms with van der Waals surface area (Å²) >= 11 is 0. The summed E-state index contributed by atoms with van der Waals surface area (Å²) in [4.78, 5) is 24.2. The normalized spacial score (nSPS) is 13.8. The quantitative estimate of drug-likeness (QED) is 0.619. The van der Waals surface area contributed by atoms with Crippen LogP contribution in [0.4, 0.5) is 0 Å². The fraction of sp³-hybridized carbons (Fsp3) is 0.529.